The van der Waals surface area contributed by atoms with Gasteiger partial charge in [0, 0.05) is 6.54 Å². The average Bonchev–Trinajstić information content (AvgIpc) is 2.85. The molecule has 0 amide bonds. The molecule has 0 radical (unpaired) electrons. The lowest BCUT2D eigenvalue weighted by atomic mass is 10.6. The number of nitrogens with one attached hydrogen (secondary N) is 1. The summed E-state index contributed by atoms with van der Waals surface area (Å²) in [6.45, 7) is 3.78. The molecule has 0 unspecified atom stereocenters. The molecule has 0 aromatic carbocycles. The predicted octanol–water partition coefficient (Wildman–Crippen LogP) is 1.17. The Balaban J connectivity index is 2.10. The van der Waals surface area contributed by atoms with Gasteiger partial charge in [0.2, 0.25) is 0 Å². The third-order valence-corrected chi connectivity index (χ3v) is 3.32. The van der Waals surface area contributed by atoms with Crippen LogP contribution in [0.4, 0.5) is 0 Å². The van der Waals surface area contributed by atoms with Gasteiger partial charge < -0.3 is 5.32 Å². The average molecular weight is 227 g/mol. The highest BCUT2D eigenvalue weighted by atomic mass is 32.1. The van der Waals surface area contributed by atoms with Crippen LogP contribution in [0.3, 0.4) is 0 Å². The summed E-state index contributed by atoms with van der Waals surface area (Å²) in [6, 6.07) is 0. The SMILES string of the molecule is CCNCc1nnc(-c2cnns2)s1. The van der Waals surface area contributed by atoms with E-state index in [2.05, 4.69) is 32.0 Å². The minimum Gasteiger partial charge on any atom is -0.311 e. The molecule has 0 spiro atoms. The Hall–Kier alpha value is -0.920. The Morgan fingerprint density at radius 1 is 1.43 bits per heavy atom. The van der Waals surface area contributed by atoms with E-state index in [-0.39, 0.29) is 0 Å². The summed E-state index contributed by atoms with van der Waals surface area (Å²) >= 11 is 2.92. The van der Waals surface area contributed by atoms with Gasteiger partial charge in [0.25, 0.3) is 0 Å². The molecule has 14 heavy (non-hydrogen) atoms. The fourth-order valence-electron chi connectivity index (χ4n) is 0.918. The molecule has 74 valence electrons. The van der Waals surface area contributed by atoms with Gasteiger partial charge in [0.15, 0.2) is 5.01 Å². The molecule has 5 nitrogen and oxygen atoms in total. The Morgan fingerprint density at radius 2 is 2.36 bits per heavy atom. The molecule has 2 aromatic rings. The minimum atomic E-state index is 0.778. The molecule has 0 saturated carbocycles. The number of hydrogen-bond acceptors (Lipinski definition) is 7. The third-order valence-electron chi connectivity index (χ3n) is 1.57. The van der Waals surface area contributed by atoms with Crippen molar-refractivity contribution in [3.05, 3.63) is 11.2 Å². The second-order valence-corrected chi connectivity index (χ2v) is 4.41. The standard InChI is InChI=1S/C7H9N5S2/c1-2-8-4-6-10-11-7(13-6)5-3-9-12-14-5/h3,8H,2,4H2,1H3. The molecule has 0 aliphatic rings. The van der Waals surface area contributed by atoms with Crippen LogP contribution in [0.25, 0.3) is 9.88 Å². The number of rotatable bonds is 4. The van der Waals surface area contributed by atoms with E-state index in [1.54, 1.807) is 17.5 Å². The molecule has 0 aliphatic heterocycles. The van der Waals surface area contributed by atoms with Crippen LogP contribution in [0.15, 0.2) is 6.20 Å². The maximum Gasteiger partial charge on any atom is 0.161 e. The number of nitrogens with zero attached hydrogens (tertiary/aromatic N) is 4. The van der Waals surface area contributed by atoms with E-state index in [9.17, 15) is 0 Å². The highest BCUT2D eigenvalue weighted by molar-refractivity contribution is 7.19. The molecular weight excluding hydrogens is 218 g/mol. The van der Waals surface area contributed by atoms with E-state index in [1.807, 2.05) is 0 Å². The summed E-state index contributed by atoms with van der Waals surface area (Å²) in [6.07, 6.45) is 1.71. The van der Waals surface area contributed by atoms with Crippen molar-refractivity contribution < 1.29 is 0 Å². The lowest BCUT2D eigenvalue weighted by Crippen LogP contribution is -2.11. The predicted molar refractivity (Wildman–Crippen MR) is 56.2 cm³/mol. The Morgan fingerprint density at radius 3 is 3.07 bits per heavy atom. The van der Waals surface area contributed by atoms with Gasteiger partial charge in [0.1, 0.15) is 9.88 Å². The van der Waals surface area contributed by atoms with Gasteiger partial charge in [-0.1, -0.05) is 22.7 Å². The molecule has 7 heteroatoms. The van der Waals surface area contributed by atoms with Crippen molar-refractivity contribution in [2.75, 3.05) is 6.54 Å². The fraction of sp³-hybridized carbons (Fsp3) is 0.429. The van der Waals surface area contributed by atoms with Crippen molar-refractivity contribution >= 4 is 22.9 Å². The normalized spacial score (nSPS) is 10.6. The second kappa shape index (κ2) is 4.54. The third kappa shape index (κ3) is 2.11. The highest BCUT2D eigenvalue weighted by Gasteiger charge is 2.07. The van der Waals surface area contributed by atoms with Crippen molar-refractivity contribution in [3.8, 4) is 9.88 Å². The summed E-state index contributed by atoms with van der Waals surface area (Å²) in [7, 11) is 0. The van der Waals surface area contributed by atoms with E-state index in [0.29, 0.717) is 0 Å². The lowest BCUT2D eigenvalue weighted by molar-refractivity contribution is 0.715. The summed E-state index contributed by atoms with van der Waals surface area (Å²) in [4.78, 5) is 0.977. The maximum atomic E-state index is 4.07. The molecule has 0 aliphatic carbocycles. The Kier molecular flexibility index (Phi) is 3.12. The summed E-state index contributed by atoms with van der Waals surface area (Å²) in [5.41, 5.74) is 0. The van der Waals surface area contributed by atoms with Gasteiger partial charge >= 0.3 is 0 Å². The monoisotopic (exact) mass is 227 g/mol. The Bertz CT molecular complexity index is 382. The van der Waals surface area contributed by atoms with Crippen LogP contribution in [0.1, 0.15) is 11.9 Å². The first-order valence-electron chi connectivity index (χ1n) is 4.21. The van der Waals surface area contributed by atoms with Gasteiger partial charge in [-0.25, -0.2) is 0 Å². The van der Waals surface area contributed by atoms with E-state index < -0.39 is 0 Å². The molecule has 2 heterocycles. The molecule has 0 atom stereocenters. The van der Waals surface area contributed by atoms with E-state index >= 15 is 0 Å². The van der Waals surface area contributed by atoms with Gasteiger partial charge in [-0.3, -0.25) is 0 Å². The molecule has 1 N–H and O–H groups in total. The van der Waals surface area contributed by atoms with Crippen molar-refractivity contribution in [1.82, 2.24) is 25.1 Å². The number of aromatic nitrogens is 4. The minimum absolute atomic E-state index is 0.778. The molecule has 0 saturated heterocycles. The van der Waals surface area contributed by atoms with Crippen LogP contribution in [-0.2, 0) is 6.54 Å². The number of hydrogen-bond donors (Lipinski definition) is 1. The van der Waals surface area contributed by atoms with Gasteiger partial charge in [0.05, 0.1) is 6.20 Å². The zero-order valence-electron chi connectivity index (χ0n) is 7.60. The van der Waals surface area contributed by atoms with Crippen LogP contribution in [0.5, 0.6) is 0 Å². The van der Waals surface area contributed by atoms with Crippen LogP contribution in [0, 0.1) is 0 Å². The van der Waals surface area contributed by atoms with Crippen LogP contribution in [0.2, 0.25) is 0 Å². The van der Waals surface area contributed by atoms with Gasteiger partial charge in [-0.2, -0.15) is 0 Å². The molecule has 2 aromatic heterocycles. The fourth-order valence-corrected chi connectivity index (χ4v) is 2.26. The van der Waals surface area contributed by atoms with E-state index in [0.717, 1.165) is 28.0 Å². The van der Waals surface area contributed by atoms with Gasteiger partial charge in [-0.15, -0.1) is 15.3 Å². The zero-order valence-corrected chi connectivity index (χ0v) is 9.23. The van der Waals surface area contributed by atoms with Crippen molar-refractivity contribution in [1.29, 1.82) is 0 Å². The molecule has 0 bridgehead atoms. The largest absolute Gasteiger partial charge is 0.311 e. The summed E-state index contributed by atoms with van der Waals surface area (Å²) < 4.78 is 3.78. The topological polar surface area (TPSA) is 63.6 Å². The molecule has 0 fully saturated rings. The van der Waals surface area contributed by atoms with E-state index in [1.165, 1.54) is 11.5 Å². The highest BCUT2D eigenvalue weighted by Crippen LogP contribution is 2.24. The lowest BCUT2D eigenvalue weighted by Gasteiger charge is -1.92. The van der Waals surface area contributed by atoms with E-state index in [4.69, 9.17) is 0 Å². The van der Waals surface area contributed by atoms with Crippen LogP contribution < -0.4 is 5.32 Å². The first-order chi connectivity index (χ1) is 6.90. The quantitative estimate of drug-likeness (QED) is 0.849. The van der Waals surface area contributed by atoms with Crippen molar-refractivity contribution in [3.63, 3.8) is 0 Å². The summed E-state index contributed by atoms with van der Waals surface area (Å²) in [5.74, 6) is 0. The second-order valence-electron chi connectivity index (χ2n) is 2.56. The van der Waals surface area contributed by atoms with Gasteiger partial charge in [-0.05, 0) is 18.1 Å². The van der Waals surface area contributed by atoms with Crippen molar-refractivity contribution in [2.45, 2.75) is 13.5 Å². The Labute approximate surface area is 89.4 Å². The first-order valence-corrected chi connectivity index (χ1v) is 5.80. The van der Waals surface area contributed by atoms with Crippen LogP contribution in [-0.4, -0.2) is 26.3 Å². The zero-order chi connectivity index (χ0) is 9.80. The first kappa shape index (κ1) is 9.63. The smallest absolute Gasteiger partial charge is 0.161 e. The van der Waals surface area contributed by atoms with Crippen LogP contribution >= 0.6 is 22.9 Å². The summed E-state index contributed by atoms with van der Waals surface area (Å²) in [5, 5.41) is 17.0. The molecular formula is C7H9N5S2. The molecule has 2 rings (SSSR count). The maximum absolute atomic E-state index is 4.07. The van der Waals surface area contributed by atoms with Crippen molar-refractivity contribution in [2.24, 2.45) is 0 Å².